The molecule has 0 spiro atoms. The molecule has 0 saturated heterocycles. The van der Waals surface area contributed by atoms with E-state index in [9.17, 15) is 18.3 Å². The number of aromatic nitrogens is 2. The van der Waals surface area contributed by atoms with Crippen LogP contribution in [0.25, 0.3) is 5.70 Å². The van der Waals surface area contributed by atoms with Crippen LogP contribution in [0.1, 0.15) is 38.1 Å². The molecule has 1 unspecified atom stereocenters. The molecule has 0 bridgehead atoms. The Hall–Kier alpha value is -2.81. The molecule has 1 N–H and O–H groups in total. The zero-order valence-electron chi connectivity index (χ0n) is 16.6. The minimum atomic E-state index is -4.74. The van der Waals surface area contributed by atoms with Gasteiger partial charge in [0, 0.05) is 30.7 Å². The Bertz CT molecular complexity index is 911. The van der Waals surface area contributed by atoms with Crippen molar-refractivity contribution in [2.24, 2.45) is 12.0 Å². The molecular formula is C20H23F3N4O2. The van der Waals surface area contributed by atoms with E-state index < -0.39 is 18.1 Å². The molecule has 156 valence electrons. The van der Waals surface area contributed by atoms with E-state index >= 15 is 0 Å². The molecule has 9 heteroatoms. The van der Waals surface area contributed by atoms with E-state index in [1.54, 1.807) is 56.2 Å². The highest BCUT2D eigenvalue weighted by molar-refractivity contribution is 5.86. The number of aryl methyl sites for hydroxylation is 1. The third-order valence-electron chi connectivity index (χ3n) is 4.85. The van der Waals surface area contributed by atoms with Crippen LogP contribution in [0.3, 0.4) is 0 Å². The number of halogens is 3. The fourth-order valence-corrected chi connectivity index (χ4v) is 3.14. The molecule has 0 saturated carbocycles. The van der Waals surface area contributed by atoms with E-state index in [0.717, 1.165) is 11.3 Å². The maximum absolute atomic E-state index is 12.4. The largest absolute Gasteiger partial charge is 0.573 e. The molecule has 2 heterocycles. The summed E-state index contributed by atoms with van der Waals surface area (Å²) >= 11 is 0. The van der Waals surface area contributed by atoms with Gasteiger partial charge in [-0.1, -0.05) is 0 Å². The lowest BCUT2D eigenvalue weighted by molar-refractivity contribution is -0.274. The topological polar surface area (TPSA) is 62.9 Å². The summed E-state index contributed by atoms with van der Waals surface area (Å²) in [5.74, 6) is -0.294. The zero-order chi connectivity index (χ0) is 21.4. The van der Waals surface area contributed by atoms with Gasteiger partial charge in [-0.05, 0) is 56.7 Å². The number of alkyl halides is 3. The van der Waals surface area contributed by atoms with Crippen LogP contribution in [0.5, 0.6) is 5.75 Å². The summed E-state index contributed by atoms with van der Waals surface area (Å²) in [6, 6.07) is 5.28. The van der Waals surface area contributed by atoms with Gasteiger partial charge >= 0.3 is 6.36 Å². The van der Waals surface area contributed by atoms with Crippen molar-refractivity contribution in [2.75, 3.05) is 0 Å². The number of allylic oxidation sites excluding steroid dienone is 1. The molecule has 0 amide bonds. The number of rotatable bonds is 5. The second kappa shape index (κ2) is 7.55. The van der Waals surface area contributed by atoms with Crippen molar-refractivity contribution < 1.29 is 23.0 Å². The van der Waals surface area contributed by atoms with E-state index in [1.165, 1.54) is 12.1 Å². The molecule has 1 aliphatic rings. The molecule has 29 heavy (non-hydrogen) atoms. The Morgan fingerprint density at radius 1 is 1.17 bits per heavy atom. The van der Waals surface area contributed by atoms with E-state index in [1.807, 2.05) is 18.0 Å². The van der Waals surface area contributed by atoms with Gasteiger partial charge in [-0.25, -0.2) is 0 Å². The van der Waals surface area contributed by atoms with Crippen LogP contribution in [-0.4, -0.2) is 44.0 Å². The lowest BCUT2D eigenvalue weighted by Crippen LogP contribution is -2.48. The summed E-state index contributed by atoms with van der Waals surface area (Å²) in [5.41, 5.74) is 1.17. The van der Waals surface area contributed by atoms with Gasteiger partial charge in [-0.15, -0.1) is 13.2 Å². The Labute approximate surface area is 166 Å². The van der Waals surface area contributed by atoms with Crippen molar-refractivity contribution in [1.82, 2.24) is 14.7 Å². The van der Waals surface area contributed by atoms with E-state index in [2.05, 4.69) is 14.8 Å². The molecule has 1 aromatic heterocycles. The third-order valence-corrected chi connectivity index (χ3v) is 4.85. The first-order chi connectivity index (χ1) is 13.5. The molecule has 1 aromatic carbocycles. The Morgan fingerprint density at radius 3 is 2.34 bits per heavy atom. The Balaban J connectivity index is 1.99. The molecule has 0 fully saturated rings. The van der Waals surface area contributed by atoms with Gasteiger partial charge in [0.15, 0.2) is 6.17 Å². The molecule has 1 aliphatic heterocycles. The van der Waals surface area contributed by atoms with Crippen molar-refractivity contribution in [3.63, 3.8) is 0 Å². The minimum absolute atomic E-state index is 0.294. The summed E-state index contributed by atoms with van der Waals surface area (Å²) in [6.45, 7) is 5.28. The Morgan fingerprint density at radius 2 is 1.83 bits per heavy atom. The van der Waals surface area contributed by atoms with Crippen LogP contribution >= 0.6 is 0 Å². The third kappa shape index (κ3) is 4.79. The lowest BCUT2D eigenvalue weighted by Gasteiger charge is -2.44. The van der Waals surface area contributed by atoms with Gasteiger partial charge in [0.1, 0.15) is 5.75 Å². The van der Waals surface area contributed by atoms with Crippen LogP contribution < -0.4 is 4.74 Å². The maximum Gasteiger partial charge on any atom is 0.573 e. The first kappa shape index (κ1) is 20.9. The summed E-state index contributed by atoms with van der Waals surface area (Å²) in [5, 5.41) is 14.9. The van der Waals surface area contributed by atoms with Gasteiger partial charge in [0.25, 0.3) is 0 Å². The number of benzene rings is 1. The average molecular weight is 408 g/mol. The zero-order valence-corrected chi connectivity index (χ0v) is 16.6. The molecule has 2 aromatic rings. The van der Waals surface area contributed by atoms with E-state index in [4.69, 9.17) is 0 Å². The predicted octanol–water partition coefficient (Wildman–Crippen LogP) is 3.90. The SMILES string of the molecule is C[C@H](N1C(c2ccc(OC(F)(F)F)cc2)=CC=NC1c1cnn(C)c1)C(C)(C)O. The highest BCUT2D eigenvalue weighted by Crippen LogP contribution is 2.38. The Kier molecular flexibility index (Phi) is 5.44. The quantitative estimate of drug-likeness (QED) is 0.815. The van der Waals surface area contributed by atoms with Gasteiger partial charge in [0.05, 0.1) is 17.8 Å². The molecular weight excluding hydrogens is 385 g/mol. The van der Waals surface area contributed by atoms with Gasteiger partial charge in [-0.3, -0.25) is 9.67 Å². The number of hydrogen-bond donors (Lipinski definition) is 1. The second-order valence-corrected chi connectivity index (χ2v) is 7.48. The van der Waals surface area contributed by atoms with Crippen molar-refractivity contribution in [1.29, 1.82) is 0 Å². The highest BCUT2D eigenvalue weighted by atomic mass is 19.4. The van der Waals surface area contributed by atoms with E-state index in [0.29, 0.717) is 5.56 Å². The fourth-order valence-electron chi connectivity index (χ4n) is 3.14. The number of ether oxygens (including phenoxy) is 1. The van der Waals surface area contributed by atoms with Crippen LogP contribution in [0.2, 0.25) is 0 Å². The summed E-state index contributed by atoms with van der Waals surface area (Å²) < 4.78 is 42.9. The monoisotopic (exact) mass is 408 g/mol. The maximum atomic E-state index is 12.4. The number of aliphatic hydroxyl groups is 1. The normalized spacial score (nSPS) is 18.6. The molecule has 6 nitrogen and oxygen atoms in total. The first-order valence-electron chi connectivity index (χ1n) is 9.04. The van der Waals surface area contributed by atoms with Crippen LogP contribution in [-0.2, 0) is 7.05 Å². The van der Waals surface area contributed by atoms with Crippen molar-refractivity contribution in [3.05, 3.63) is 53.9 Å². The van der Waals surface area contributed by atoms with Crippen LogP contribution in [0, 0.1) is 0 Å². The average Bonchev–Trinajstić information content (AvgIpc) is 3.05. The van der Waals surface area contributed by atoms with Gasteiger partial charge in [-0.2, -0.15) is 5.10 Å². The fraction of sp³-hybridized carbons (Fsp3) is 0.400. The molecule has 2 atom stereocenters. The van der Waals surface area contributed by atoms with Crippen LogP contribution in [0.15, 0.2) is 47.7 Å². The van der Waals surface area contributed by atoms with Crippen LogP contribution in [0.4, 0.5) is 13.2 Å². The molecule has 3 rings (SSSR count). The summed E-state index contributed by atoms with van der Waals surface area (Å²) in [4.78, 5) is 6.50. The summed E-state index contributed by atoms with van der Waals surface area (Å²) in [6.07, 6.45) is 1.79. The van der Waals surface area contributed by atoms with Crippen molar-refractivity contribution >= 4 is 11.9 Å². The second-order valence-electron chi connectivity index (χ2n) is 7.48. The number of aliphatic imine (C=N–C) groups is 1. The number of hydrogen-bond acceptors (Lipinski definition) is 5. The first-order valence-corrected chi connectivity index (χ1v) is 9.04. The highest BCUT2D eigenvalue weighted by Gasteiger charge is 2.37. The minimum Gasteiger partial charge on any atom is -0.406 e. The van der Waals surface area contributed by atoms with Crippen molar-refractivity contribution in [3.8, 4) is 5.75 Å². The summed E-state index contributed by atoms with van der Waals surface area (Å²) in [7, 11) is 1.80. The smallest absolute Gasteiger partial charge is 0.406 e. The van der Waals surface area contributed by atoms with Gasteiger partial charge < -0.3 is 14.7 Å². The van der Waals surface area contributed by atoms with Crippen molar-refractivity contribution in [2.45, 2.75) is 44.9 Å². The lowest BCUT2D eigenvalue weighted by atomic mass is 9.95. The standard InChI is InChI=1S/C20H23F3N4O2/c1-13(19(2,3)28)27-17(9-10-24-18(27)15-11-25-26(4)12-15)14-5-7-16(8-6-14)29-20(21,22)23/h5-13,18,28H,1-4H3/t13-,18?/m0/s1. The van der Waals surface area contributed by atoms with E-state index in [-0.39, 0.29) is 11.8 Å². The number of nitrogens with zero attached hydrogens (tertiary/aromatic N) is 4. The molecule has 0 radical (unpaired) electrons. The molecule has 0 aliphatic carbocycles. The van der Waals surface area contributed by atoms with Gasteiger partial charge in [0.2, 0.25) is 0 Å². The predicted molar refractivity (Wildman–Crippen MR) is 103 cm³/mol.